The summed E-state index contributed by atoms with van der Waals surface area (Å²) in [6.45, 7) is 8.10. The van der Waals surface area contributed by atoms with Crippen LogP contribution in [-0.2, 0) is 4.79 Å². The lowest BCUT2D eigenvalue weighted by molar-refractivity contribution is -0.134. The third kappa shape index (κ3) is 3.74. The Bertz CT molecular complexity index is 749. The first-order chi connectivity index (χ1) is 11.8. The molecule has 0 spiro atoms. The number of hydrogen-bond donors (Lipinski definition) is 0. The highest BCUT2D eigenvalue weighted by atomic mass is 19.1. The van der Waals surface area contributed by atoms with E-state index in [4.69, 9.17) is 0 Å². The Morgan fingerprint density at radius 3 is 2.52 bits per heavy atom. The number of rotatable bonds is 5. The molecule has 1 aromatic heterocycles. The zero-order valence-electron chi connectivity index (χ0n) is 15.2. The number of nitrogens with zero attached hydrogens (tertiary/aromatic N) is 4. The molecule has 0 aliphatic carbocycles. The monoisotopic (exact) mass is 344 g/mol. The van der Waals surface area contributed by atoms with Crippen molar-refractivity contribution >= 4 is 5.91 Å². The second-order valence-electron chi connectivity index (χ2n) is 6.95. The Morgan fingerprint density at radius 2 is 1.96 bits per heavy atom. The van der Waals surface area contributed by atoms with Crippen molar-refractivity contribution in [1.82, 2.24) is 19.6 Å². The smallest absolute Gasteiger partial charge is 0.236 e. The van der Waals surface area contributed by atoms with Gasteiger partial charge in [-0.2, -0.15) is 5.10 Å². The van der Waals surface area contributed by atoms with Gasteiger partial charge in [-0.15, -0.1) is 0 Å². The Kier molecular flexibility index (Phi) is 4.90. The van der Waals surface area contributed by atoms with Crippen LogP contribution in [0, 0.1) is 19.7 Å². The molecule has 1 unspecified atom stereocenters. The van der Waals surface area contributed by atoms with Crippen LogP contribution in [0.3, 0.4) is 0 Å². The van der Waals surface area contributed by atoms with Crippen LogP contribution < -0.4 is 0 Å². The summed E-state index contributed by atoms with van der Waals surface area (Å²) in [5.41, 5.74) is 3.12. The van der Waals surface area contributed by atoms with Crippen LogP contribution in [-0.4, -0.2) is 52.2 Å². The summed E-state index contributed by atoms with van der Waals surface area (Å²) < 4.78 is 15.1. The molecule has 2 heterocycles. The molecular formula is C19H25FN4O. The average Bonchev–Trinajstić information content (AvgIpc) is 2.87. The van der Waals surface area contributed by atoms with Gasteiger partial charge in [0.15, 0.2) is 0 Å². The van der Waals surface area contributed by atoms with Gasteiger partial charge in [-0.25, -0.2) is 4.39 Å². The second-order valence-corrected chi connectivity index (χ2v) is 6.95. The van der Waals surface area contributed by atoms with E-state index in [1.54, 1.807) is 24.1 Å². The van der Waals surface area contributed by atoms with Crippen LogP contribution >= 0.6 is 0 Å². The van der Waals surface area contributed by atoms with E-state index in [0.29, 0.717) is 12.6 Å². The molecule has 1 atom stereocenters. The van der Waals surface area contributed by atoms with Gasteiger partial charge in [0.2, 0.25) is 5.91 Å². The lowest BCUT2D eigenvalue weighted by Crippen LogP contribution is -2.52. The second kappa shape index (κ2) is 6.96. The topological polar surface area (TPSA) is 41.4 Å². The van der Waals surface area contributed by atoms with Crippen molar-refractivity contribution in [2.75, 3.05) is 26.7 Å². The van der Waals surface area contributed by atoms with Crippen molar-refractivity contribution in [3.8, 4) is 0 Å². The van der Waals surface area contributed by atoms with E-state index in [9.17, 15) is 9.18 Å². The van der Waals surface area contributed by atoms with E-state index < -0.39 is 0 Å². The van der Waals surface area contributed by atoms with Crippen molar-refractivity contribution in [2.45, 2.75) is 32.9 Å². The molecule has 3 rings (SSSR count). The number of likely N-dealkylation sites (tertiary alicyclic amines) is 1. The van der Waals surface area contributed by atoms with Gasteiger partial charge in [0.1, 0.15) is 5.82 Å². The Labute approximate surface area is 148 Å². The highest BCUT2D eigenvalue weighted by Crippen LogP contribution is 2.24. The fourth-order valence-corrected chi connectivity index (χ4v) is 3.33. The predicted molar refractivity (Wildman–Crippen MR) is 94.8 cm³/mol. The molecule has 2 aromatic rings. The molecule has 0 bridgehead atoms. The molecule has 1 aliphatic rings. The van der Waals surface area contributed by atoms with Gasteiger partial charge < -0.3 is 4.90 Å². The van der Waals surface area contributed by atoms with Gasteiger partial charge >= 0.3 is 0 Å². The van der Waals surface area contributed by atoms with Gasteiger partial charge in [-0.3, -0.25) is 14.4 Å². The molecule has 0 radical (unpaired) electrons. The minimum atomic E-state index is -0.263. The first-order valence-corrected chi connectivity index (χ1v) is 8.61. The van der Waals surface area contributed by atoms with Crippen LogP contribution in [0.5, 0.6) is 0 Å². The van der Waals surface area contributed by atoms with E-state index in [1.807, 2.05) is 13.8 Å². The number of carbonyl (C=O) groups excluding carboxylic acids is 1. The molecule has 0 saturated carbocycles. The highest BCUT2D eigenvalue weighted by molar-refractivity contribution is 5.78. The maximum atomic E-state index is 13.0. The number of likely N-dealkylation sites (N-methyl/N-ethyl adjacent to an activating group) is 1. The largest absolute Gasteiger partial charge is 0.338 e. The third-order valence-electron chi connectivity index (χ3n) is 5.01. The minimum absolute atomic E-state index is 0.0728. The summed E-state index contributed by atoms with van der Waals surface area (Å²) in [4.78, 5) is 16.4. The number of carbonyl (C=O) groups is 1. The Morgan fingerprint density at radius 1 is 1.32 bits per heavy atom. The van der Waals surface area contributed by atoms with Crippen molar-refractivity contribution < 1.29 is 9.18 Å². The molecule has 1 aliphatic heterocycles. The lowest BCUT2D eigenvalue weighted by atomic mass is 10.1. The number of aryl methyl sites for hydroxylation is 2. The van der Waals surface area contributed by atoms with Crippen molar-refractivity contribution in [2.24, 2.45) is 0 Å². The molecule has 0 N–H and O–H groups in total. The molecule has 134 valence electrons. The zero-order chi connectivity index (χ0) is 18.1. The van der Waals surface area contributed by atoms with Crippen molar-refractivity contribution in [3.63, 3.8) is 0 Å². The summed E-state index contributed by atoms with van der Waals surface area (Å²) in [5.74, 6) is -0.190. The summed E-state index contributed by atoms with van der Waals surface area (Å²) in [6.07, 6.45) is 0. The van der Waals surface area contributed by atoms with Crippen LogP contribution in [0.15, 0.2) is 30.3 Å². The molecule has 1 amide bonds. The van der Waals surface area contributed by atoms with E-state index in [1.165, 1.54) is 12.1 Å². The van der Waals surface area contributed by atoms with E-state index >= 15 is 0 Å². The average molecular weight is 344 g/mol. The number of halogens is 1. The summed E-state index contributed by atoms with van der Waals surface area (Å²) in [6, 6.07) is 8.66. The molecule has 25 heavy (non-hydrogen) atoms. The maximum Gasteiger partial charge on any atom is 0.236 e. The standard InChI is InChI=1S/C19H25FN4O/c1-13-9-14(2)24(21-13)18-10-23(11-18)12-19(25)22(4)15(3)16-5-7-17(20)8-6-16/h5-9,15,18H,10-12H2,1-4H3. The molecule has 6 heteroatoms. The Hall–Kier alpha value is -2.21. The van der Waals surface area contributed by atoms with Crippen LogP contribution in [0.2, 0.25) is 0 Å². The van der Waals surface area contributed by atoms with Crippen LogP contribution in [0.1, 0.15) is 36.0 Å². The van der Waals surface area contributed by atoms with E-state index in [-0.39, 0.29) is 17.8 Å². The first kappa shape index (κ1) is 17.6. The fourth-order valence-electron chi connectivity index (χ4n) is 3.33. The molecule has 5 nitrogen and oxygen atoms in total. The summed E-state index contributed by atoms with van der Waals surface area (Å²) in [7, 11) is 1.80. The quantitative estimate of drug-likeness (QED) is 0.837. The van der Waals surface area contributed by atoms with E-state index in [0.717, 1.165) is 30.0 Å². The summed E-state index contributed by atoms with van der Waals surface area (Å²) in [5, 5.41) is 4.52. The Balaban J connectivity index is 1.53. The number of benzene rings is 1. The summed E-state index contributed by atoms with van der Waals surface area (Å²) >= 11 is 0. The number of hydrogen-bond acceptors (Lipinski definition) is 3. The third-order valence-corrected chi connectivity index (χ3v) is 5.01. The molecule has 1 aromatic carbocycles. The van der Waals surface area contributed by atoms with Gasteiger partial charge in [-0.1, -0.05) is 12.1 Å². The highest BCUT2D eigenvalue weighted by Gasteiger charge is 2.32. The van der Waals surface area contributed by atoms with Gasteiger partial charge in [0.25, 0.3) is 0 Å². The minimum Gasteiger partial charge on any atom is -0.338 e. The number of aromatic nitrogens is 2. The molecule has 1 fully saturated rings. The SMILES string of the molecule is Cc1cc(C)n(C2CN(CC(=O)N(C)C(C)c3ccc(F)cc3)C2)n1. The molecular weight excluding hydrogens is 319 g/mol. The van der Waals surface area contributed by atoms with Crippen LogP contribution in [0.25, 0.3) is 0 Å². The first-order valence-electron chi connectivity index (χ1n) is 8.61. The molecule has 1 saturated heterocycles. The van der Waals surface area contributed by atoms with Gasteiger partial charge in [0, 0.05) is 25.8 Å². The lowest BCUT2D eigenvalue weighted by Gasteiger charge is -2.40. The van der Waals surface area contributed by atoms with Crippen LogP contribution in [0.4, 0.5) is 4.39 Å². The van der Waals surface area contributed by atoms with Gasteiger partial charge in [0.05, 0.1) is 24.3 Å². The van der Waals surface area contributed by atoms with E-state index in [2.05, 4.69) is 27.7 Å². The predicted octanol–water partition coefficient (Wildman–Crippen LogP) is 2.72. The van der Waals surface area contributed by atoms with Crippen molar-refractivity contribution in [3.05, 3.63) is 53.1 Å². The maximum absolute atomic E-state index is 13.0. The van der Waals surface area contributed by atoms with Crippen molar-refractivity contribution in [1.29, 1.82) is 0 Å². The number of amides is 1. The zero-order valence-corrected chi connectivity index (χ0v) is 15.2. The fraction of sp³-hybridized carbons (Fsp3) is 0.474. The normalized spacial score (nSPS) is 16.5. The van der Waals surface area contributed by atoms with Gasteiger partial charge in [-0.05, 0) is 44.5 Å².